The van der Waals surface area contributed by atoms with Crippen LogP contribution in [0.1, 0.15) is 10.4 Å². The molecule has 0 spiro atoms. The molecule has 0 amide bonds. The Labute approximate surface area is 96.4 Å². The van der Waals surface area contributed by atoms with E-state index in [0.717, 1.165) is 4.88 Å². The van der Waals surface area contributed by atoms with Crippen molar-refractivity contribution in [2.24, 2.45) is 5.73 Å². The van der Waals surface area contributed by atoms with Crippen LogP contribution in [0.2, 0.25) is 0 Å². The Kier molecular flexibility index (Phi) is 3.11. The summed E-state index contributed by atoms with van der Waals surface area (Å²) in [5.41, 5.74) is 5.87. The molecule has 0 aliphatic carbocycles. The van der Waals surface area contributed by atoms with Gasteiger partial charge in [0, 0.05) is 4.88 Å². The van der Waals surface area contributed by atoms with Crippen LogP contribution >= 0.6 is 11.3 Å². The lowest BCUT2D eigenvalue weighted by molar-refractivity contribution is 0.293. The van der Waals surface area contributed by atoms with Crippen LogP contribution < -0.4 is 10.5 Å². The first-order valence-corrected chi connectivity index (χ1v) is 5.46. The fourth-order valence-corrected chi connectivity index (χ4v) is 1.78. The summed E-state index contributed by atoms with van der Waals surface area (Å²) >= 11 is 1.60. The summed E-state index contributed by atoms with van der Waals surface area (Å²) in [7, 11) is 0. The highest BCUT2D eigenvalue weighted by molar-refractivity contribution is 7.09. The molecule has 0 unspecified atom stereocenters. The number of ether oxygens (including phenoxy) is 1. The quantitative estimate of drug-likeness (QED) is 0.618. The fourth-order valence-electron chi connectivity index (χ4n) is 1.16. The smallest absolute Gasteiger partial charge is 0.244 e. The molecule has 0 saturated heterocycles. The van der Waals surface area contributed by atoms with Gasteiger partial charge in [0.15, 0.2) is 0 Å². The van der Waals surface area contributed by atoms with Crippen molar-refractivity contribution in [2.75, 3.05) is 0 Å². The molecule has 0 aliphatic rings. The maximum absolute atomic E-state index is 7.36. The molecule has 16 heavy (non-hydrogen) atoms. The Balaban J connectivity index is 2.12. The van der Waals surface area contributed by atoms with Crippen molar-refractivity contribution in [3.8, 4) is 5.88 Å². The molecule has 3 N–H and O–H groups in total. The number of hydrogen-bond acceptors (Lipinski definition) is 5. The summed E-state index contributed by atoms with van der Waals surface area (Å²) < 4.78 is 5.46. The lowest BCUT2D eigenvalue weighted by atomic mass is 10.3. The summed E-state index contributed by atoms with van der Waals surface area (Å²) in [6, 6.07) is 5.53. The molecule has 0 fully saturated rings. The van der Waals surface area contributed by atoms with Crippen molar-refractivity contribution < 1.29 is 4.74 Å². The van der Waals surface area contributed by atoms with Crippen LogP contribution in [-0.2, 0) is 6.61 Å². The van der Waals surface area contributed by atoms with Gasteiger partial charge < -0.3 is 10.5 Å². The molecule has 2 heterocycles. The van der Waals surface area contributed by atoms with Gasteiger partial charge >= 0.3 is 0 Å². The molecule has 0 aromatic carbocycles. The van der Waals surface area contributed by atoms with E-state index in [-0.39, 0.29) is 5.84 Å². The second-order valence-corrected chi connectivity index (χ2v) is 4.06. The van der Waals surface area contributed by atoms with Crippen LogP contribution in [-0.4, -0.2) is 16.0 Å². The van der Waals surface area contributed by atoms with E-state index in [1.807, 2.05) is 17.5 Å². The minimum atomic E-state index is -0.0731. The highest BCUT2D eigenvalue weighted by Crippen LogP contribution is 2.16. The SMILES string of the molecule is N=C(N)c1ccnnc1OCc1cccs1. The van der Waals surface area contributed by atoms with Gasteiger partial charge in [0.1, 0.15) is 12.4 Å². The van der Waals surface area contributed by atoms with Crippen molar-refractivity contribution in [2.45, 2.75) is 6.61 Å². The third kappa shape index (κ3) is 2.34. The molecule has 2 aromatic rings. The number of nitrogen functional groups attached to an aromatic ring is 1. The Morgan fingerprint density at radius 2 is 2.38 bits per heavy atom. The van der Waals surface area contributed by atoms with Crippen LogP contribution in [0.3, 0.4) is 0 Å². The van der Waals surface area contributed by atoms with Crippen molar-refractivity contribution in [3.63, 3.8) is 0 Å². The normalized spacial score (nSPS) is 10.0. The predicted molar refractivity (Wildman–Crippen MR) is 61.7 cm³/mol. The maximum Gasteiger partial charge on any atom is 0.244 e. The summed E-state index contributed by atoms with van der Waals surface area (Å²) in [5.74, 6) is 0.222. The summed E-state index contributed by atoms with van der Waals surface area (Å²) in [5, 5.41) is 16.9. The molecule has 6 heteroatoms. The number of hydrogen-bond donors (Lipinski definition) is 2. The average Bonchev–Trinajstić information content (AvgIpc) is 2.79. The minimum absolute atomic E-state index is 0.0731. The van der Waals surface area contributed by atoms with E-state index in [1.54, 1.807) is 17.4 Å². The van der Waals surface area contributed by atoms with Crippen LogP contribution in [0.25, 0.3) is 0 Å². The molecule has 0 saturated carbocycles. The highest BCUT2D eigenvalue weighted by atomic mass is 32.1. The summed E-state index contributed by atoms with van der Waals surface area (Å²) in [6.07, 6.45) is 1.48. The molecule has 5 nitrogen and oxygen atoms in total. The van der Waals surface area contributed by atoms with Crippen molar-refractivity contribution in [1.29, 1.82) is 5.41 Å². The van der Waals surface area contributed by atoms with Gasteiger partial charge in [-0.2, -0.15) is 5.10 Å². The largest absolute Gasteiger partial charge is 0.470 e. The van der Waals surface area contributed by atoms with Gasteiger partial charge in [-0.3, -0.25) is 5.41 Å². The van der Waals surface area contributed by atoms with Gasteiger partial charge in [-0.25, -0.2) is 0 Å². The number of nitrogens with two attached hydrogens (primary N) is 1. The fraction of sp³-hybridized carbons (Fsp3) is 0.100. The first-order valence-electron chi connectivity index (χ1n) is 4.58. The van der Waals surface area contributed by atoms with Crippen molar-refractivity contribution in [1.82, 2.24) is 10.2 Å². The van der Waals surface area contributed by atoms with Crippen LogP contribution in [0.15, 0.2) is 29.8 Å². The van der Waals surface area contributed by atoms with Crippen LogP contribution in [0.4, 0.5) is 0 Å². The molecule has 0 aliphatic heterocycles. The minimum Gasteiger partial charge on any atom is -0.470 e. The third-order valence-electron chi connectivity index (χ3n) is 1.91. The number of amidine groups is 1. The van der Waals surface area contributed by atoms with Gasteiger partial charge in [-0.15, -0.1) is 16.4 Å². The number of thiophene rings is 1. The topological polar surface area (TPSA) is 84.9 Å². The monoisotopic (exact) mass is 234 g/mol. The van der Waals surface area contributed by atoms with Crippen LogP contribution in [0.5, 0.6) is 5.88 Å². The van der Waals surface area contributed by atoms with Gasteiger partial charge in [-0.1, -0.05) is 6.07 Å². The molecular formula is C10H10N4OS. The molecule has 2 rings (SSSR count). The molecule has 2 aromatic heterocycles. The zero-order valence-corrected chi connectivity index (χ0v) is 9.20. The number of aromatic nitrogens is 2. The second-order valence-electron chi connectivity index (χ2n) is 3.03. The molecule has 0 atom stereocenters. The van der Waals surface area contributed by atoms with Crippen molar-refractivity contribution in [3.05, 3.63) is 40.2 Å². The average molecular weight is 234 g/mol. The first-order chi connectivity index (χ1) is 7.77. The number of nitrogens with one attached hydrogen (secondary N) is 1. The Morgan fingerprint density at radius 3 is 3.06 bits per heavy atom. The predicted octanol–water partition coefficient (Wildman–Crippen LogP) is 1.40. The molecule has 0 radical (unpaired) electrons. The molecule has 0 bridgehead atoms. The van der Waals surface area contributed by atoms with Gasteiger partial charge in [0.25, 0.3) is 0 Å². The number of rotatable bonds is 4. The van der Waals surface area contributed by atoms with Gasteiger partial charge in [0.05, 0.1) is 11.8 Å². The molecular weight excluding hydrogens is 224 g/mol. The van der Waals surface area contributed by atoms with E-state index in [0.29, 0.717) is 18.1 Å². The Hall–Kier alpha value is -1.95. The lowest BCUT2D eigenvalue weighted by Gasteiger charge is -2.06. The zero-order valence-electron chi connectivity index (χ0n) is 8.38. The van der Waals surface area contributed by atoms with E-state index in [4.69, 9.17) is 15.9 Å². The second kappa shape index (κ2) is 4.71. The van der Waals surface area contributed by atoms with Gasteiger partial charge in [0.2, 0.25) is 5.88 Å². The zero-order chi connectivity index (χ0) is 11.4. The van der Waals surface area contributed by atoms with E-state index in [1.165, 1.54) is 6.20 Å². The van der Waals surface area contributed by atoms with E-state index >= 15 is 0 Å². The Bertz CT molecular complexity index is 483. The standard InChI is InChI=1S/C10H10N4OS/c11-9(12)8-3-4-13-14-10(8)15-6-7-2-1-5-16-7/h1-5H,6H2,(H3,11,12). The third-order valence-corrected chi connectivity index (χ3v) is 2.76. The number of nitrogens with zero attached hydrogens (tertiary/aromatic N) is 2. The summed E-state index contributed by atoms with van der Waals surface area (Å²) in [6.45, 7) is 0.413. The van der Waals surface area contributed by atoms with E-state index < -0.39 is 0 Å². The van der Waals surface area contributed by atoms with Crippen LogP contribution in [0, 0.1) is 5.41 Å². The molecule has 82 valence electrons. The maximum atomic E-state index is 7.36. The first kappa shape index (κ1) is 10.6. The Morgan fingerprint density at radius 1 is 1.50 bits per heavy atom. The highest BCUT2D eigenvalue weighted by Gasteiger charge is 2.08. The van der Waals surface area contributed by atoms with Crippen molar-refractivity contribution >= 4 is 17.2 Å². The van der Waals surface area contributed by atoms with Gasteiger partial charge in [-0.05, 0) is 17.5 Å². The summed E-state index contributed by atoms with van der Waals surface area (Å²) in [4.78, 5) is 1.08. The van der Waals surface area contributed by atoms with E-state index in [9.17, 15) is 0 Å². The van der Waals surface area contributed by atoms with E-state index in [2.05, 4.69) is 10.2 Å². The lowest BCUT2D eigenvalue weighted by Crippen LogP contribution is -2.14.